The van der Waals surface area contributed by atoms with Crippen molar-refractivity contribution in [2.75, 3.05) is 6.54 Å². The molecule has 2 aromatic heterocycles. The number of hydrogen-bond donors (Lipinski definition) is 1. The summed E-state index contributed by atoms with van der Waals surface area (Å²) in [5.74, 6) is -0.0628. The minimum atomic E-state index is -0.155. The molecule has 1 amide bonds. The summed E-state index contributed by atoms with van der Waals surface area (Å²) in [6.45, 7) is 6.39. The summed E-state index contributed by atoms with van der Waals surface area (Å²) in [4.78, 5) is 19.4. The SMILES string of the molecule is CC(C)NC(=O)[C@H]1CN(Cc2ccsc2)Cc2ncn(C)c21. The maximum absolute atomic E-state index is 12.6. The van der Waals surface area contributed by atoms with E-state index in [9.17, 15) is 4.79 Å². The van der Waals surface area contributed by atoms with E-state index in [0.717, 1.165) is 31.0 Å². The molecule has 0 radical (unpaired) electrons. The van der Waals surface area contributed by atoms with Gasteiger partial charge in [0.05, 0.1) is 23.6 Å². The first-order chi connectivity index (χ1) is 10.5. The molecule has 118 valence electrons. The summed E-state index contributed by atoms with van der Waals surface area (Å²) in [5.41, 5.74) is 3.38. The van der Waals surface area contributed by atoms with Gasteiger partial charge in [0.25, 0.3) is 0 Å². The molecule has 0 fully saturated rings. The number of amides is 1. The maximum Gasteiger partial charge on any atom is 0.230 e. The third-order valence-electron chi connectivity index (χ3n) is 3.94. The standard InChI is InChI=1S/C16H22N4OS/c1-11(2)18-16(21)13-7-20(6-12-4-5-22-9-12)8-14-15(13)19(3)10-17-14/h4-5,9-11,13H,6-8H2,1-3H3,(H,18,21)/t13-/m0/s1. The number of thiophene rings is 1. The normalized spacial score (nSPS) is 18.5. The predicted octanol–water partition coefficient (Wildman–Crippen LogP) is 2.11. The van der Waals surface area contributed by atoms with E-state index < -0.39 is 0 Å². The minimum Gasteiger partial charge on any atom is -0.353 e. The number of aromatic nitrogens is 2. The van der Waals surface area contributed by atoms with Gasteiger partial charge < -0.3 is 9.88 Å². The van der Waals surface area contributed by atoms with Gasteiger partial charge in [-0.2, -0.15) is 11.3 Å². The first kappa shape index (κ1) is 15.2. The fraction of sp³-hybridized carbons (Fsp3) is 0.500. The number of nitrogens with zero attached hydrogens (tertiary/aromatic N) is 3. The molecule has 0 aromatic carbocycles. The van der Waals surface area contributed by atoms with E-state index in [2.05, 4.69) is 32.0 Å². The zero-order chi connectivity index (χ0) is 15.7. The predicted molar refractivity (Wildman–Crippen MR) is 87.7 cm³/mol. The molecule has 0 saturated carbocycles. The Morgan fingerprint density at radius 2 is 2.36 bits per heavy atom. The van der Waals surface area contributed by atoms with E-state index in [1.54, 1.807) is 11.3 Å². The van der Waals surface area contributed by atoms with Crippen LogP contribution in [0.4, 0.5) is 0 Å². The second kappa shape index (κ2) is 6.22. The Morgan fingerprint density at radius 3 is 3.05 bits per heavy atom. The zero-order valence-corrected chi connectivity index (χ0v) is 14.1. The smallest absolute Gasteiger partial charge is 0.230 e. The average Bonchev–Trinajstić information content (AvgIpc) is 3.08. The molecule has 3 rings (SSSR count). The van der Waals surface area contributed by atoms with E-state index in [1.807, 2.05) is 31.8 Å². The molecule has 6 heteroatoms. The van der Waals surface area contributed by atoms with Gasteiger partial charge in [-0.1, -0.05) is 0 Å². The second-order valence-corrected chi connectivity index (χ2v) is 6.98. The monoisotopic (exact) mass is 318 g/mol. The molecule has 1 atom stereocenters. The Balaban J connectivity index is 1.83. The van der Waals surface area contributed by atoms with Gasteiger partial charge >= 0.3 is 0 Å². The lowest BCUT2D eigenvalue weighted by molar-refractivity contribution is -0.124. The highest BCUT2D eigenvalue weighted by Gasteiger charge is 2.33. The molecule has 0 bridgehead atoms. The summed E-state index contributed by atoms with van der Waals surface area (Å²) in [6, 6.07) is 2.29. The highest BCUT2D eigenvalue weighted by molar-refractivity contribution is 7.07. The van der Waals surface area contributed by atoms with E-state index in [0.29, 0.717) is 0 Å². The third-order valence-corrected chi connectivity index (χ3v) is 4.67. The van der Waals surface area contributed by atoms with Crippen LogP contribution in [-0.4, -0.2) is 32.9 Å². The van der Waals surface area contributed by atoms with Crippen LogP contribution in [0.3, 0.4) is 0 Å². The number of imidazole rings is 1. The van der Waals surface area contributed by atoms with Crippen LogP contribution in [0, 0.1) is 0 Å². The molecule has 0 saturated heterocycles. The van der Waals surface area contributed by atoms with Crippen LogP contribution in [0.5, 0.6) is 0 Å². The number of rotatable bonds is 4. The van der Waals surface area contributed by atoms with Gasteiger partial charge in [-0.05, 0) is 36.2 Å². The molecule has 22 heavy (non-hydrogen) atoms. The van der Waals surface area contributed by atoms with Crippen LogP contribution < -0.4 is 5.32 Å². The van der Waals surface area contributed by atoms with E-state index in [4.69, 9.17) is 0 Å². The van der Waals surface area contributed by atoms with Crippen molar-refractivity contribution in [3.05, 3.63) is 40.1 Å². The summed E-state index contributed by atoms with van der Waals surface area (Å²) in [7, 11) is 1.97. The van der Waals surface area contributed by atoms with E-state index in [1.165, 1.54) is 5.56 Å². The second-order valence-electron chi connectivity index (χ2n) is 6.20. The van der Waals surface area contributed by atoms with Gasteiger partial charge in [-0.25, -0.2) is 4.98 Å². The molecule has 3 heterocycles. The Morgan fingerprint density at radius 1 is 1.55 bits per heavy atom. The number of nitrogens with one attached hydrogen (secondary N) is 1. The molecule has 0 unspecified atom stereocenters. The van der Waals surface area contributed by atoms with Gasteiger partial charge in [-0.15, -0.1) is 0 Å². The van der Waals surface area contributed by atoms with Gasteiger partial charge in [0, 0.05) is 32.7 Å². The van der Waals surface area contributed by atoms with Crippen molar-refractivity contribution in [3.8, 4) is 0 Å². The molecule has 1 N–H and O–H groups in total. The van der Waals surface area contributed by atoms with Crippen molar-refractivity contribution in [2.45, 2.75) is 38.9 Å². The zero-order valence-electron chi connectivity index (χ0n) is 13.2. The van der Waals surface area contributed by atoms with Crippen LogP contribution in [0.25, 0.3) is 0 Å². The summed E-state index contributed by atoms with van der Waals surface area (Å²) >= 11 is 1.71. The first-order valence-corrected chi connectivity index (χ1v) is 8.52. The summed E-state index contributed by atoms with van der Waals surface area (Å²) < 4.78 is 1.99. The number of hydrogen-bond acceptors (Lipinski definition) is 4. The van der Waals surface area contributed by atoms with Gasteiger partial charge in [0.15, 0.2) is 0 Å². The topological polar surface area (TPSA) is 50.2 Å². The Labute approximate surface area is 135 Å². The number of carbonyl (C=O) groups is 1. The lowest BCUT2D eigenvalue weighted by Gasteiger charge is -2.32. The quantitative estimate of drug-likeness (QED) is 0.939. The van der Waals surface area contributed by atoms with E-state index >= 15 is 0 Å². The molecule has 2 aromatic rings. The van der Waals surface area contributed by atoms with Crippen LogP contribution in [0.15, 0.2) is 23.2 Å². The number of carbonyl (C=O) groups excluding carboxylic acids is 1. The molecule has 0 spiro atoms. The highest BCUT2D eigenvalue weighted by Crippen LogP contribution is 2.28. The fourth-order valence-corrected chi connectivity index (χ4v) is 3.69. The van der Waals surface area contributed by atoms with Gasteiger partial charge in [-0.3, -0.25) is 9.69 Å². The highest BCUT2D eigenvalue weighted by atomic mass is 32.1. The molecule has 1 aliphatic rings. The van der Waals surface area contributed by atoms with Gasteiger partial charge in [0.1, 0.15) is 0 Å². The Kier molecular flexibility index (Phi) is 4.31. The van der Waals surface area contributed by atoms with Crippen LogP contribution in [0.1, 0.15) is 36.7 Å². The third kappa shape index (κ3) is 3.08. The fourth-order valence-electron chi connectivity index (χ4n) is 3.03. The van der Waals surface area contributed by atoms with Crippen LogP contribution in [-0.2, 0) is 24.9 Å². The number of fused-ring (bicyclic) bond motifs is 1. The van der Waals surface area contributed by atoms with Crippen molar-refractivity contribution in [1.29, 1.82) is 0 Å². The first-order valence-electron chi connectivity index (χ1n) is 7.58. The van der Waals surface area contributed by atoms with Gasteiger partial charge in [0.2, 0.25) is 5.91 Å². The molecule has 5 nitrogen and oxygen atoms in total. The lowest BCUT2D eigenvalue weighted by Crippen LogP contribution is -2.43. The molecular formula is C16H22N4OS. The average molecular weight is 318 g/mol. The van der Waals surface area contributed by atoms with Crippen molar-refractivity contribution in [1.82, 2.24) is 19.8 Å². The Bertz CT molecular complexity index is 647. The molecule has 0 aliphatic carbocycles. The molecular weight excluding hydrogens is 296 g/mol. The summed E-state index contributed by atoms with van der Waals surface area (Å²) in [5, 5.41) is 7.30. The minimum absolute atomic E-state index is 0.0925. The lowest BCUT2D eigenvalue weighted by atomic mass is 9.96. The molecule has 1 aliphatic heterocycles. The maximum atomic E-state index is 12.6. The largest absolute Gasteiger partial charge is 0.353 e. The van der Waals surface area contributed by atoms with Crippen LogP contribution >= 0.6 is 11.3 Å². The summed E-state index contributed by atoms with van der Waals surface area (Å²) in [6.07, 6.45) is 1.81. The van der Waals surface area contributed by atoms with Crippen molar-refractivity contribution in [3.63, 3.8) is 0 Å². The Hall–Kier alpha value is -1.66. The van der Waals surface area contributed by atoms with Crippen molar-refractivity contribution >= 4 is 17.2 Å². The van der Waals surface area contributed by atoms with Crippen LogP contribution in [0.2, 0.25) is 0 Å². The number of aryl methyl sites for hydroxylation is 1. The van der Waals surface area contributed by atoms with E-state index in [-0.39, 0.29) is 17.9 Å². The van der Waals surface area contributed by atoms with Crippen molar-refractivity contribution in [2.24, 2.45) is 7.05 Å². The van der Waals surface area contributed by atoms with Crippen molar-refractivity contribution < 1.29 is 4.79 Å².